The molecule has 0 aromatic carbocycles. The Morgan fingerprint density at radius 3 is 2.55 bits per heavy atom. The third kappa shape index (κ3) is 5.52. The Hall–Kier alpha value is -0.420. The molecular formula is C15H28N2O2S. The van der Waals surface area contributed by atoms with Crippen molar-refractivity contribution in [1.29, 1.82) is 0 Å². The van der Waals surface area contributed by atoms with E-state index in [-0.39, 0.29) is 12.1 Å². The summed E-state index contributed by atoms with van der Waals surface area (Å²) in [5.74, 6) is 2.52. The van der Waals surface area contributed by atoms with Crippen molar-refractivity contribution in [3.8, 4) is 0 Å². The monoisotopic (exact) mass is 300 g/mol. The summed E-state index contributed by atoms with van der Waals surface area (Å²) in [5, 5.41) is 6.78. The van der Waals surface area contributed by atoms with Crippen molar-refractivity contribution in [2.24, 2.45) is 0 Å². The smallest absolute Gasteiger partial charge is 0.407 e. The lowest BCUT2D eigenvalue weighted by Gasteiger charge is -2.32. The molecule has 2 aliphatic rings. The second-order valence-corrected chi connectivity index (χ2v) is 8.08. The van der Waals surface area contributed by atoms with Crippen molar-refractivity contribution in [2.75, 3.05) is 11.5 Å². The lowest BCUT2D eigenvalue weighted by Crippen LogP contribution is -2.48. The largest absolute Gasteiger partial charge is 0.444 e. The van der Waals surface area contributed by atoms with Crippen LogP contribution in [0, 0.1) is 0 Å². The highest BCUT2D eigenvalue weighted by Gasteiger charge is 2.27. The Labute approximate surface area is 126 Å². The fourth-order valence-electron chi connectivity index (χ4n) is 2.95. The molecule has 1 saturated heterocycles. The zero-order valence-electron chi connectivity index (χ0n) is 12.9. The predicted octanol–water partition coefficient (Wildman–Crippen LogP) is 2.92. The number of rotatable bonds is 3. The normalized spacial score (nSPS) is 31.1. The minimum atomic E-state index is -0.419. The van der Waals surface area contributed by atoms with Crippen LogP contribution in [0.4, 0.5) is 4.79 Å². The minimum Gasteiger partial charge on any atom is -0.444 e. The molecular weight excluding hydrogens is 272 g/mol. The highest BCUT2D eigenvalue weighted by Crippen LogP contribution is 2.23. The average Bonchev–Trinajstić information content (AvgIpc) is 2.79. The summed E-state index contributed by atoms with van der Waals surface area (Å²) in [6.07, 6.45) is 5.51. The maximum Gasteiger partial charge on any atom is 0.407 e. The lowest BCUT2D eigenvalue weighted by atomic mass is 9.90. The molecule has 0 unspecified atom stereocenters. The molecule has 3 atom stereocenters. The van der Waals surface area contributed by atoms with Gasteiger partial charge in [0.25, 0.3) is 0 Å². The number of hydrogen-bond acceptors (Lipinski definition) is 4. The Morgan fingerprint density at radius 2 is 1.90 bits per heavy atom. The summed E-state index contributed by atoms with van der Waals surface area (Å²) in [6.45, 7) is 5.70. The second-order valence-electron chi connectivity index (χ2n) is 6.93. The Morgan fingerprint density at radius 1 is 1.15 bits per heavy atom. The molecule has 1 heterocycles. The summed E-state index contributed by atoms with van der Waals surface area (Å²) in [5.41, 5.74) is -0.419. The standard InChI is InChI=1S/C15H28N2O2S/c1-15(2,3)19-14(18)17-12-6-4-5-11(9-12)16-13-7-8-20-10-13/h11-13,16H,4-10H2,1-3H3,(H,17,18)/t11-,12-,13+/m1/s1. The van der Waals surface area contributed by atoms with Gasteiger partial charge in [0.2, 0.25) is 0 Å². The molecule has 2 rings (SSSR count). The van der Waals surface area contributed by atoms with Gasteiger partial charge in [-0.05, 0) is 58.6 Å². The van der Waals surface area contributed by atoms with Gasteiger partial charge in [-0.2, -0.15) is 11.8 Å². The SMILES string of the molecule is CC(C)(C)OC(=O)N[C@@H]1CCC[C@@H](N[C@H]2CCSC2)C1. The van der Waals surface area contributed by atoms with E-state index in [0.29, 0.717) is 12.1 Å². The molecule has 2 fully saturated rings. The highest BCUT2D eigenvalue weighted by atomic mass is 32.2. The van der Waals surface area contributed by atoms with Crippen molar-refractivity contribution in [2.45, 2.75) is 76.6 Å². The number of ether oxygens (including phenoxy) is 1. The summed E-state index contributed by atoms with van der Waals surface area (Å²) in [6, 6.07) is 1.47. The van der Waals surface area contributed by atoms with E-state index in [1.165, 1.54) is 30.8 Å². The summed E-state index contributed by atoms with van der Waals surface area (Å²) in [7, 11) is 0. The minimum absolute atomic E-state index is 0.255. The second kappa shape index (κ2) is 7.03. The molecule has 5 heteroatoms. The molecule has 4 nitrogen and oxygen atoms in total. The van der Waals surface area contributed by atoms with Crippen LogP contribution in [-0.4, -0.2) is 41.3 Å². The van der Waals surface area contributed by atoms with Crippen LogP contribution < -0.4 is 10.6 Å². The summed E-state index contributed by atoms with van der Waals surface area (Å²) >= 11 is 2.04. The molecule has 0 aromatic heterocycles. The maximum absolute atomic E-state index is 11.8. The van der Waals surface area contributed by atoms with Crippen LogP contribution in [0.1, 0.15) is 52.9 Å². The maximum atomic E-state index is 11.8. The first kappa shape index (κ1) is 16.0. The number of thioether (sulfide) groups is 1. The van der Waals surface area contributed by atoms with E-state index in [0.717, 1.165) is 12.8 Å². The van der Waals surface area contributed by atoms with Crippen LogP contribution in [0.25, 0.3) is 0 Å². The van der Waals surface area contributed by atoms with Gasteiger partial charge in [-0.15, -0.1) is 0 Å². The van der Waals surface area contributed by atoms with E-state index < -0.39 is 5.60 Å². The topological polar surface area (TPSA) is 50.4 Å². The van der Waals surface area contributed by atoms with Crippen molar-refractivity contribution in [3.05, 3.63) is 0 Å². The quantitative estimate of drug-likeness (QED) is 0.841. The van der Waals surface area contributed by atoms with E-state index in [9.17, 15) is 4.79 Å². The van der Waals surface area contributed by atoms with Gasteiger partial charge in [-0.25, -0.2) is 4.79 Å². The van der Waals surface area contributed by atoms with Gasteiger partial charge in [-0.1, -0.05) is 0 Å². The van der Waals surface area contributed by atoms with Gasteiger partial charge < -0.3 is 15.4 Å². The molecule has 20 heavy (non-hydrogen) atoms. The number of nitrogens with one attached hydrogen (secondary N) is 2. The molecule has 1 aliphatic heterocycles. The Kier molecular flexibility index (Phi) is 5.61. The van der Waals surface area contributed by atoms with Crippen molar-refractivity contribution < 1.29 is 9.53 Å². The zero-order valence-corrected chi connectivity index (χ0v) is 13.7. The highest BCUT2D eigenvalue weighted by molar-refractivity contribution is 7.99. The van der Waals surface area contributed by atoms with Crippen LogP contribution in [0.2, 0.25) is 0 Å². The first-order valence-corrected chi connectivity index (χ1v) is 8.91. The van der Waals surface area contributed by atoms with Gasteiger partial charge in [0, 0.05) is 23.9 Å². The number of hydrogen-bond donors (Lipinski definition) is 2. The van der Waals surface area contributed by atoms with Gasteiger partial charge in [0.05, 0.1) is 0 Å². The number of amides is 1. The first-order chi connectivity index (χ1) is 9.42. The van der Waals surface area contributed by atoms with Gasteiger partial charge in [0.1, 0.15) is 5.60 Å². The molecule has 0 spiro atoms. The molecule has 1 amide bonds. The van der Waals surface area contributed by atoms with E-state index in [4.69, 9.17) is 4.74 Å². The molecule has 116 valence electrons. The summed E-state index contributed by atoms with van der Waals surface area (Å²) < 4.78 is 5.34. The Bertz CT molecular complexity index is 324. The molecule has 0 radical (unpaired) electrons. The molecule has 1 saturated carbocycles. The van der Waals surface area contributed by atoms with Crippen LogP contribution in [-0.2, 0) is 4.74 Å². The molecule has 0 aromatic rings. The van der Waals surface area contributed by atoms with Crippen molar-refractivity contribution in [3.63, 3.8) is 0 Å². The van der Waals surface area contributed by atoms with Gasteiger partial charge in [0.15, 0.2) is 0 Å². The predicted molar refractivity (Wildman–Crippen MR) is 84.3 cm³/mol. The third-order valence-corrected chi connectivity index (χ3v) is 4.96. The summed E-state index contributed by atoms with van der Waals surface area (Å²) in [4.78, 5) is 11.8. The van der Waals surface area contributed by atoms with E-state index in [1.54, 1.807) is 0 Å². The number of alkyl carbamates (subject to hydrolysis) is 1. The van der Waals surface area contributed by atoms with Gasteiger partial charge >= 0.3 is 6.09 Å². The van der Waals surface area contributed by atoms with E-state index in [1.807, 2.05) is 32.5 Å². The lowest BCUT2D eigenvalue weighted by molar-refractivity contribution is 0.0488. The zero-order chi connectivity index (χ0) is 14.6. The number of carbonyl (C=O) groups excluding carboxylic acids is 1. The first-order valence-electron chi connectivity index (χ1n) is 7.76. The fourth-order valence-corrected chi connectivity index (χ4v) is 4.11. The molecule has 1 aliphatic carbocycles. The number of carbonyl (C=O) groups is 1. The third-order valence-electron chi connectivity index (χ3n) is 3.80. The van der Waals surface area contributed by atoms with E-state index >= 15 is 0 Å². The average molecular weight is 300 g/mol. The molecule has 0 bridgehead atoms. The van der Waals surface area contributed by atoms with Crippen molar-refractivity contribution in [1.82, 2.24) is 10.6 Å². The van der Waals surface area contributed by atoms with E-state index in [2.05, 4.69) is 10.6 Å². The fraction of sp³-hybridized carbons (Fsp3) is 0.933. The van der Waals surface area contributed by atoms with Crippen molar-refractivity contribution >= 4 is 17.9 Å². The Balaban J connectivity index is 1.73. The van der Waals surface area contributed by atoms with Crippen LogP contribution in [0.15, 0.2) is 0 Å². The van der Waals surface area contributed by atoms with Crippen LogP contribution in [0.5, 0.6) is 0 Å². The van der Waals surface area contributed by atoms with Crippen LogP contribution in [0.3, 0.4) is 0 Å². The molecule has 2 N–H and O–H groups in total. The van der Waals surface area contributed by atoms with Crippen LogP contribution >= 0.6 is 11.8 Å². The van der Waals surface area contributed by atoms with Gasteiger partial charge in [-0.3, -0.25) is 0 Å².